The molecular formula is C11H13N3S. The van der Waals surface area contributed by atoms with Crippen molar-refractivity contribution in [2.45, 2.75) is 13.0 Å². The van der Waals surface area contributed by atoms with Gasteiger partial charge in [0.15, 0.2) is 0 Å². The molecule has 2 aromatic heterocycles. The normalized spacial score (nSPS) is 10.4. The Hall–Kier alpha value is -1.26. The van der Waals surface area contributed by atoms with Crippen LogP contribution in [0.25, 0.3) is 0 Å². The van der Waals surface area contributed by atoms with Crippen molar-refractivity contribution < 1.29 is 0 Å². The maximum absolute atomic E-state index is 4.03. The molecule has 78 valence electrons. The molecule has 0 aliphatic rings. The number of pyridine rings is 1. The Morgan fingerprint density at radius 1 is 1.20 bits per heavy atom. The molecule has 0 aliphatic carbocycles. The Balaban J connectivity index is 1.68. The average Bonchev–Trinajstić information content (AvgIpc) is 2.79. The highest BCUT2D eigenvalue weighted by molar-refractivity contribution is 7.09. The van der Waals surface area contributed by atoms with Crippen LogP contribution < -0.4 is 5.32 Å². The van der Waals surface area contributed by atoms with Gasteiger partial charge in [-0.2, -0.15) is 0 Å². The summed E-state index contributed by atoms with van der Waals surface area (Å²) in [6.45, 7) is 1.90. The second-order valence-electron chi connectivity index (χ2n) is 3.25. The molecule has 3 nitrogen and oxygen atoms in total. The lowest BCUT2D eigenvalue weighted by molar-refractivity contribution is 0.692. The fraction of sp³-hybridized carbons (Fsp3) is 0.273. The van der Waals surface area contributed by atoms with Crippen LogP contribution in [0.5, 0.6) is 0 Å². The van der Waals surface area contributed by atoms with E-state index in [1.807, 2.05) is 36.2 Å². The van der Waals surface area contributed by atoms with Crippen molar-refractivity contribution in [1.29, 1.82) is 0 Å². The fourth-order valence-corrected chi connectivity index (χ4v) is 1.89. The number of nitrogens with zero attached hydrogens (tertiary/aromatic N) is 2. The molecule has 0 fully saturated rings. The van der Waals surface area contributed by atoms with Gasteiger partial charge in [0.25, 0.3) is 0 Å². The summed E-state index contributed by atoms with van der Waals surface area (Å²) in [6.07, 6.45) is 6.61. The van der Waals surface area contributed by atoms with E-state index in [1.165, 1.54) is 10.4 Å². The summed E-state index contributed by atoms with van der Waals surface area (Å²) < 4.78 is 0. The second-order valence-corrected chi connectivity index (χ2v) is 4.22. The van der Waals surface area contributed by atoms with Gasteiger partial charge in [0.2, 0.25) is 0 Å². The highest BCUT2D eigenvalue weighted by Crippen LogP contribution is 2.04. The molecule has 2 rings (SSSR count). The lowest BCUT2D eigenvalue weighted by Crippen LogP contribution is -2.15. The molecular weight excluding hydrogens is 206 g/mol. The third kappa shape index (κ3) is 3.42. The number of rotatable bonds is 5. The number of hydrogen-bond donors (Lipinski definition) is 1. The van der Waals surface area contributed by atoms with E-state index in [-0.39, 0.29) is 0 Å². The molecule has 15 heavy (non-hydrogen) atoms. The van der Waals surface area contributed by atoms with E-state index in [4.69, 9.17) is 0 Å². The van der Waals surface area contributed by atoms with Crippen LogP contribution in [0.2, 0.25) is 0 Å². The first kappa shape index (κ1) is 10.3. The Bertz CT molecular complexity index is 372. The van der Waals surface area contributed by atoms with E-state index >= 15 is 0 Å². The van der Waals surface area contributed by atoms with Crippen molar-refractivity contribution in [2.75, 3.05) is 6.54 Å². The minimum atomic E-state index is 0.912. The number of aromatic nitrogens is 2. The zero-order valence-electron chi connectivity index (χ0n) is 8.39. The first-order valence-electron chi connectivity index (χ1n) is 4.92. The van der Waals surface area contributed by atoms with Gasteiger partial charge in [-0.1, -0.05) is 0 Å². The molecule has 1 N–H and O–H groups in total. The highest BCUT2D eigenvalue weighted by Gasteiger charge is 1.94. The lowest BCUT2D eigenvalue weighted by Gasteiger charge is -2.02. The van der Waals surface area contributed by atoms with Gasteiger partial charge in [0.1, 0.15) is 0 Å². The van der Waals surface area contributed by atoms with Gasteiger partial charge in [-0.3, -0.25) is 9.97 Å². The first-order valence-corrected chi connectivity index (χ1v) is 5.80. The molecule has 0 aromatic carbocycles. The van der Waals surface area contributed by atoms with Crippen LogP contribution in [0, 0.1) is 0 Å². The van der Waals surface area contributed by atoms with Crippen molar-refractivity contribution in [2.24, 2.45) is 0 Å². The monoisotopic (exact) mass is 219 g/mol. The SMILES string of the molecule is c1cc(CCNCc2cncs2)ccn1. The van der Waals surface area contributed by atoms with E-state index in [2.05, 4.69) is 15.3 Å². The Kier molecular flexibility index (Phi) is 3.82. The molecule has 0 saturated carbocycles. The lowest BCUT2D eigenvalue weighted by atomic mass is 10.2. The van der Waals surface area contributed by atoms with Crippen LogP contribution in [-0.4, -0.2) is 16.5 Å². The summed E-state index contributed by atoms with van der Waals surface area (Å²) in [5.41, 5.74) is 3.18. The van der Waals surface area contributed by atoms with E-state index < -0.39 is 0 Å². The Labute approximate surface area is 93.2 Å². The van der Waals surface area contributed by atoms with Gasteiger partial charge >= 0.3 is 0 Å². The minimum Gasteiger partial charge on any atom is -0.311 e. The summed E-state index contributed by atoms with van der Waals surface area (Å²) in [7, 11) is 0. The molecule has 0 unspecified atom stereocenters. The van der Waals surface area contributed by atoms with Crippen molar-refractivity contribution in [3.8, 4) is 0 Å². The average molecular weight is 219 g/mol. The van der Waals surface area contributed by atoms with Gasteiger partial charge in [-0.15, -0.1) is 11.3 Å². The molecule has 0 aliphatic heterocycles. The molecule has 0 bridgehead atoms. The zero-order chi connectivity index (χ0) is 10.3. The highest BCUT2D eigenvalue weighted by atomic mass is 32.1. The molecule has 0 atom stereocenters. The maximum Gasteiger partial charge on any atom is 0.0794 e. The van der Waals surface area contributed by atoms with Crippen molar-refractivity contribution >= 4 is 11.3 Å². The molecule has 0 radical (unpaired) electrons. The summed E-state index contributed by atoms with van der Waals surface area (Å²) in [4.78, 5) is 9.30. The minimum absolute atomic E-state index is 0.912. The van der Waals surface area contributed by atoms with Crippen LogP contribution in [0.3, 0.4) is 0 Å². The van der Waals surface area contributed by atoms with Crippen LogP contribution in [0.1, 0.15) is 10.4 Å². The Morgan fingerprint density at radius 3 is 2.80 bits per heavy atom. The van der Waals surface area contributed by atoms with Crippen molar-refractivity contribution in [1.82, 2.24) is 15.3 Å². The smallest absolute Gasteiger partial charge is 0.0794 e. The molecule has 0 saturated heterocycles. The van der Waals surface area contributed by atoms with E-state index in [1.54, 1.807) is 11.3 Å². The van der Waals surface area contributed by atoms with Crippen LogP contribution >= 0.6 is 11.3 Å². The van der Waals surface area contributed by atoms with Gasteiger partial charge in [0, 0.05) is 30.0 Å². The van der Waals surface area contributed by atoms with Gasteiger partial charge in [-0.05, 0) is 30.7 Å². The fourth-order valence-electron chi connectivity index (χ4n) is 1.32. The predicted molar refractivity (Wildman–Crippen MR) is 61.8 cm³/mol. The number of thiazole rings is 1. The van der Waals surface area contributed by atoms with Crippen LogP contribution in [0.15, 0.2) is 36.2 Å². The second kappa shape index (κ2) is 5.58. The van der Waals surface area contributed by atoms with Gasteiger partial charge in [-0.25, -0.2) is 0 Å². The third-order valence-electron chi connectivity index (χ3n) is 2.12. The standard InChI is InChI=1S/C11H13N3S/c1-4-12-5-2-10(1)3-6-13-7-11-8-14-9-15-11/h1-2,4-5,8-9,13H,3,6-7H2. The zero-order valence-corrected chi connectivity index (χ0v) is 9.20. The quantitative estimate of drug-likeness (QED) is 0.780. The summed E-state index contributed by atoms with van der Waals surface area (Å²) in [5, 5.41) is 3.39. The van der Waals surface area contributed by atoms with Crippen molar-refractivity contribution in [3.63, 3.8) is 0 Å². The molecule has 2 heterocycles. The Morgan fingerprint density at radius 2 is 2.07 bits per heavy atom. The molecule has 0 amide bonds. The van der Waals surface area contributed by atoms with Crippen molar-refractivity contribution in [3.05, 3.63) is 46.7 Å². The predicted octanol–water partition coefficient (Wildman–Crippen LogP) is 1.87. The van der Waals surface area contributed by atoms with E-state index in [9.17, 15) is 0 Å². The summed E-state index contributed by atoms with van der Waals surface area (Å²) in [5.74, 6) is 0. The topological polar surface area (TPSA) is 37.8 Å². The largest absolute Gasteiger partial charge is 0.311 e. The summed E-state index contributed by atoms with van der Waals surface area (Å²) in [6, 6.07) is 4.10. The molecule has 2 aromatic rings. The maximum atomic E-state index is 4.03. The molecule has 0 spiro atoms. The molecule has 4 heteroatoms. The number of nitrogens with one attached hydrogen (secondary N) is 1. The van der Waals surface area contributed by atoms with E-state index in [0.717, 1.165) is 19.5 Å². The van der Waals surface area contributed by atoms with Gasteiger partial charge < -0.3 is 5.32 Å². The number of hydrogen-bond acceptors (Lipinski definition) is 4. The van der Waals surface area contributed by atoms with Gasteiger partial charge in [0.05, 0.1) is 5.51 Å². The first-order chi connectivity index (χ1) is 7.45. The van der Waals surface area contributed by atoms with E-state index in [0.29, 0.717) is 0 Å². The van der Waals surface area contributed by atoms with Crippen LogP contribution in [-0.2, 0) is 13.0 Å². The summed E-state index contributed by atoms with van der Waals surface area (Å²) >= 11 is 1.69. The third-order valence-corrected chi connectivity index (χ3v) is 2.90. The van der Waals surface area contributed by atoms with Crippen LogP contribution in [0.4, 0.5) is 0 Å².